The molecule has 18 heavy (non-hydrogen) atoms. The Morgan fingerprint density at radius 3 is 2.94 bits per heavy atom. The van der Waals surface area contributed by atoms with Gasteiger partial charge >= 0.3 is 5.97 Å². The Hall–Kier alpha value is -1.31. The fourth-order valence-electron chi connectivity index (χ4n) is 1.53. The SMILES string of the molecule is CCC(NCc1csc(C(=O)O)n1)c1nccs1. The maximum Gasteiger partial charge on any atom is 0.365 e. The molecule has 5 nitrogen and oxygen atoms in total. The molecule has 2 heterocycles. The van der Waals surface area contributed by atoms with Gasteiger partial charge < -0.3 is 10.4 Å². The molecule has 96 valence electrons. The molecule has 0 aromatic carbocycles. The maximum absolute atomic E-state index is 10.7. The number of nitrogens with one attached hydrogen (secondary N) is 1. The van der Waals surface area contributed by atoms with E-state index in [1.807, 2.05) is 5.38 Å². The smallest absolute Gasteiger partial charge is 0.365 e. The minimum absolute atomic E-state index is 0.133. The van der Waals surface area contributed by atoms with Gasteiger partial charge in [-0.2, -0.15) is 0 Å². The van der Waals surface area contributed by atoms with Crippen molar-refractivity contribution in [3.05, 3.63) is 32.7 Å². The molecule has 2 aromatic heterocycles. The molecule has 0 aliphatic heterocycles. The summed E-state index contributed by atoms with van der Waals surface area (Å²) < 4.78 is 0. The predicted octanol–water partition coefficient (Wildman–Crippen LogP) is 2.54. The van der Waals surface area contributed by atoms with Crippen molar-refractivity contribution in [2.45, 2.75) is 25.9 Å². The van der Waals surface area contributed by atoms with Crippen molar-refractivity contribution in [2.75, 3.05) is 0 Å². The van der Waals surface area contributed by atoms with E-state index >= 15 is 0 Å². The zero-order valence-corrected chi connectivity index (χ0v) is 11.4. The van der Waals surface area contributed by atoms with Crippen LogP contribution in [0.2, 0.25) is 0 Å². The van der Waals surface area contributed by atoms with Crippen molar-refractivity contribution in [3.8, 4) is 0 Å². The van der Waals surface area contributed by atoms with E-state index in [0.29, 0.717) is 6.54 Å². The first kappa shape index (κ1) is 13.1. The summed E-state index contributed by atoms with van der Waals surface area (Å²) in [6.45, 7) is 2.64. The molecule has 2 aromatic rings. The monoisotopic (exact) mass is 283 g/mol. The molecular weight excluding hydrogens is 270 g/mol. The highest BCUT2D eigenvalue weighted by Crippen LogP contribution is 2.19. The van der Waals surface area contributed by atoms with Gasteiger partial charge in [0.15, 0.2) is 0 Å². The van der Waals surface area contributed by atoms with E-state index in [4.69, 9.17) is 5.11 Å². The quantitative estimate of drug-likeness (QED) is 0.852. The van der Waals surface area contributed by atoms with Crippen molar-refractivity contribution in [1.82, 2.24) is 15.3 Å². The highest BCUT2D eigenvalue weighted by atomic mass is 32.1. The van der Waals surface area contributed by atoms with Gasteiger partial charge in [-0.1, -0.05) is 6.92 Å². The van der Waals surface area contributed by atoms with Crippen molar-refractivity contribution < 1.29 is 9.90 Å². The highest BCUT2D eigenvalue weighted by Gasteiger charge is 2.13. The van der Waals surface area contributed by atoms with Crippen LogP contribution in [0, 0.1) is 0 Å². The van der Waals surface area contributed by atoms with E-state index in [-0.39, 0.29) is 11.0 Å². The number of aromatic carboxylic acids is 1. The fourth-order valence-corrected chi connectivity index (χ4v) is 2.98. The van der Waals surface area contributed by atoms with Crippen LogP contribution in [0.3, 0.4) is 0 Å². The number of carboxylic acid groups (broad SMARTS) is 1. The highest BCUT2D eigenvalue weighted by molar-refractivity contribution is 7.11. The van der Waals surface area contributed by atoms with Gasteiger partial charge in [0.25, 0.3) is 0 Å². The molecule has 7 heteroatoms. The van der Waals surface area contributed by atoms with Gasteiger partial charge in [0.05, 0.1) is 11.7 Å². The van der Waals surface area contributed by atoms with Crippen LogP contribution in [0.25, 0.3) is 0 Å². The minimum atomic E-state index is -0.974. The van der Waals surface area contributed by atoms with Gasteiger partial charge in [-0.05, 0) is 6.42 Å². The van der Waals surface area contributed by atoms with Gasteiger partial charge in [0.1, 0.15) is 5.01 Å². The van der Waals surface area contributed by atoms with Crippen molar-refractivity contribution in [1.29, 1.82) is 0 Å². The molecule has 0 spiro atoms. The van der Waals surface area contributed by atoms with Crippen LogP contribution in [-0.4, -0.2) is 21.0 Å². The van der Waals surface area contributed by atoms with Crippen LogP contribution in [0.15, 0.2) is 17.0 Å². The molecule has 0 radical (unpaired) electrons. The molecule has 2 rings (SSSR count). The van der Waals surface area contributed by atoms with E-state index in [9.17, 15) is 4.79 Å². The largest absolute Gasteiger partial charge is 0.476 e. The van der Waals surface area contributed by atoms with Crippen LogP contribution in [-0.2, 0) is 6.54 Å². The molecule has 0 bridgehead atoms. The lowest BCUT2D eigenvalue weighted by molar-refractivity contribution is 0.0696. The Labute approximate surface area is 113 Å². The Bertz CT molecular complexity index is 510. The zero-order chi connectivity index (χ0) is 13.0. The molecule has 1 atom stereocenters. The van der Waals surface area contributed by atoms with Gasteiger partial charge in [-0.3, -0.25) is 0 Å². The van der Waals surface area contributed by atoms with Gasteiger partial charge in [-0.25, -0.2) is 14.8 Å². The van der Waals surface area contributed by atoms with E-state index in [2.05, 4.69) is 22.2 Å². The minimum Gasteiger partial charge on any atom is -0.476 e. The standard InChI is InChI=1S/C11H13N3O2S2/c1-2-8(9-12-3-4-17-9)13-5-7-6-18-10(14-7)11(15)16/h3-4,6,8,13H,2,5H2,1H3,(H,15,16). The number of carbonyl (C=O) groups is 1. The lowest BCUT2D eigenvalue weighted by Crippen LogP contribution is -2.20. The molecule has 2 N–H and O–H groups in total. The zero-order valence-electron chi connectivity index (χ0n) is 9.79. The summed E-state index contributed by atoms with van der Waals surface area (Å²) in [5, 5.41) is 17.0. The third kappa shape index (κ3) is 3.12. The Kier molecular flexibility index (Phi) is 4.40. The second kappa shape index (κ2) is 6.03. The second-order valence-corrected chi connectivity index (χ2v) is 5.45. The normalized spacial score (nSPS) is 12.5. The van der Waals surface area contributed by atoms with Crippen LogP contribution in [0.1, 0.15) is 39.9 Å². The average Bonchev–Trinajstić information content (AvgIpc) is 3.00. The molecule has 0 saturated carbocycles. The Morgan fingerprint density at radius 2 is 2.39 bits per heavy atom. The van der Waals surface area contributed by atoms with E-state index in [1.165, 1.54) is 0 Å². The first-order chi connectivity index (χ1) is 8.70. The van der Waals surface area contributed by atoms with Gasteiger partial charge in [0, 0.05) is 23.5 Å². The Morgan fingerprint density at radius 1 is 1.56 bits per heavy atom. The third-order valence-electron chi connectivity index (χ3n) is 2.42. The molecule has 1 unspecified atom stereocenters. The molecule has 0 aliphatic carbocycles. The van der Waals surface area contributed by atoms with Gasteiger partial charge in [0.2, 0.25) is 5.01 Å². The van der Waals surface area contributed by atoms with Crippen LogP contribution >= 0.6 is 22.7 Å². The Balaban J connectivity index is 1.95. The van der Waals surface area contributed by atoms with Crippen molar-refractivity contribution in [2.24, 2.45) is 0 Å². The molecule has 0 aliphatic rings. The second-order valence-electron chi connectivity index (χ2n) is 3.66. The number of hydrogen-bond acceptors (Lipinski definition) is 6. The summed E-state index contributed by atoms with van der Waals surface area (Å²) in [4.78, 5) is 19.0. The van der Waals surface area contributed by atoms with Crippen LogP contribution in [0.4, 0.5) is 0 Å². The number of nitrogens with zero attached hydrogens (tertiary/aromatic N) is 2. The predicted molar refractivity (Wildman–Crippen MR) is 71.1 cm³/mol. The summed E-state index contributed by atoms with van der Waals surface area (Å²) >= 11 is 2.77. The molecular formula is C11H13N3O2S2. The fraction of sp³-hybridized carbons (Fsp3) is 0.364. The van der Waals surface area contributed by atoms with Crippen molar-refractivity contribution >= 4 is 28.6 Å². The number of aromatic nitrogens is 2. The van der Waals surface area contributed by atoms with E-state index in [1.54, 1.807) is 22.9 Å². The van der Waals surface area contributed by atoms with Crippen molar-refractivity contribution in [3.63, 3.8) is 0 Å². The number of hydrogen-bond donors (Lipinski definition) is 2. The lowest BCUT2D eigenvalue weighted by atomic mass is 10.2. The number of carboxylic acids is 1. The number of rotatable bonds is 6. The maximum atomic E-state index is 10.7. The van der Waals surface area contributed by atoms with Crippen LogP contribution in [0.5, 0.6) is 0 Å². The molecule has 0 fully saturated rings. The summed E-state index contributed by atoms with van der Waals surface area (Å²) in [6, 6.07) is 0.194. The first-order valence-corrected chi connectivity index (χ1v) is 7.27. The average molecular weight is 283 g/mol. The summed E-state index contributed by atoms with van der Waals surface area (Å²) in [5.74, 6) is -0.974. The summed E-state index contributed by atoms with van der Waals surface area (Å²) in [6.07, 6.45) is 2.72. The van der Waals surface area contributed by atoms with Gasteiger partial charge in [-0.15, -0.1) is 22.7 Å². The van der Waals surface area contributed by atoms with E-state index in [0.717, 1.165) is 28.5 Å². The number of thiazole rings is 2. The molecule has 0 amide bonds. The molecule has 0 saturated heterocycles. The lowest BCUT2D eigenvalue weighted by Gasteiger charge is -2.12. The first-order valence-electron chi connectivity index (χ1n) is 5.51. The summed E-state index contributed by atoms with van der Waals surface area (Å²) in [7, 11) is 0. The topological polar surface area (TPSA) is 75.1 Å². The van der Waals surface area contributed by atoms with Crippen LogP contribution < -0.4 is 5.32 Å². The summed E-state index contributed by atoms with van der Waals surface area (Å²) in [5.41, 5.74) is 0.757. The third-order valence-corrected chi connectivity index (χ3v) is 4.19. The van der Waals surface area contributed by atoms with E-state index < -0.39 is 5.97 Å².